The molecule has 4 heteroatoms. The summed E-state index contributed by atoms with van der Waals surface area (Å²) in [7, 11) is 1.93. The third-order valence-electron chi connectivity index (χ3n) is 3.30. The van der Waals surface area contributed by atoms with Crippen molar-refractivity contribution in [1.82, 2.24) is 14.9 Å². The first-order chi connectivity index (χ1) is 8.88. The summed E-state index contributed by atoms with van der Waals surface area (Å²) in [6, 6.07) is 8.59. The third-order valence-corrected chi connectivity index (χ3v) is 3.30. The van der Waals surface area contributed by atoms with Crippen LogP contribution in [0.3, 0.4) is 0 Å². The number of nitrogens with one attached hydrogen (secondary N) is 1. The molecule has 0 radical (unpaired) electrons. The van der Waals surface area contributed by atoms with Crippen LogP contribution in [-0.2, 0) is 6.54 Å². The molecule has 94 valence electrons. The molecular formula is C14H17N3O. The van der Waals surface area contributed by atoms with Gasteiger partial charge in [0.2, 0.25) is 0 Å². The number of fused-ring (bicyclic) bond motifs is 1. The summed E-state index contributed by atoms with van der Waals surface area (Å²) in [6.45, 7) is 1.57. The van der Waals surface area contributed by atoms with Crippen molar-refractivity contribution < 1.29 is 4.74 Å². The van der Waals surface area contributed by atoms with Gasteiger partial charge in [-0.05, 0) is 13.1 Å². The highest BCUT2D eigenvalue weighted by atomic mass is 16.5. The lowest BCUT2D eigenvalue weighted by Crippen LogP contribution is -2.19. The van der Waals surface area contributed by atoms with Crippen LogP contribution >= 0.6 is 0 Å². The molecule has 1 atom stereocenters. The number of hydrogen-bond donors (Lipinski definition) is 1. The van der Waals surface area contributed by atoms with Crippen molar-refractivity contribution in [2.45, 2.75) is 19.0 Å². The van der Waals surface area contributed by atoms with Crippen LogP contribution in [0.25, 0.3) is 0 Å². The summed E-state index contributed by atoms with van der Waals surface area (Å²) < 4.78 is 7.87. The van der Waals surface area contributed by atoms with E-state index in [0.717, 1.165) is 31.0 Å². The first kappa shape index (κ1) is 11.3. The van der Waals surface area contributed by atoms with Gasteiger partial charge in [-0.3, -0.25) is 0 Å². The molecule has 0 bridgehead atoms. The Bertz CT molecular complexity index is 535. The lowest BCUT2D eigenvalue weighted by molar-refractivity contribution is 0.256. The first-order valence-corrected chi connectivity index (χ1v) is 6.27. The number of nitrogens with zero attached hydrogens (tertiary/aromatic N) is 2. The highest BCUT2D eigenvalue weighted by molar-refractivity contribution is 5.37. The van der Waals surface area contributed by atoms with Crippen molar-refractivity contribution in [3.8, 4) is 5.75 Å². The largest absolute Gasteiger partial charge is 0.493 e. The van der Waals surface area contributed by atoms with Crippen molar-refractivity contribution in [3.05, 3.63) is 48.0 Å². The molecule has 1 aliphatic heterocycles. The average molecular weight is 243 g/mol. The van der Waals surface area contributed by atoms with Gasteiger partial charge in [0.15, 0.2) is 0 Å². The smallest absolute Gasteiger partial charge is 0.124 e. The summed E-state index contributed by atoms with van der Waals surface area (Å²) in [5.74, 6) is 0.998. The molecule has 0 spiro atoms. The molecule has 1 aromatic heterocycles. The topological polar surface area (TPSA) is 39.1 Å². The molecule has 2 heterocycles. The molecule has 0 amide bonds. The molecule has 4 nitrogen and oxygen atoms in total. The van der Waals surface area contributed by atoms with E-state index in [9.17, 15) is 0 Å². The summed E-state index contributed by atoms with van der Waals surface area (Å²) in [4.78, 5) is 4.41. The number of hydrogen-bond acceptors (Lipinski definition) is 3. The molecule has 1 aliphatic rings. The Morgan fingerprint density at radius 1 is 1.44 bits per heavy atom. The quantitative estimate of drug-likeness (QED) is 0.896. The Kier molecular flexibility index (Phi) is 3.02. The van der Waals surface area contributed by atoms with Gasteiger partial charge in [0, 0.05) is 24.7 Å². The number of benzene rings is 1. The van der Waals surface area contributed by atoms with Crippen molar-refractivity contribution in [2.24, 2.45) is 0 Å². The minimum atomic E-state index is 0.341. The van der Waals surface area contributed by atoms with Gasteiger partial charge in [-0.1, -0.05) is 18.2 Å². The van der Waals surface area contributed by atoms with Crippen molar-refractivity contribution in [3.63, 3.8) is 0 Å². The Hall–Kier alpha value is -1.81. The van der Waals surface area contributed by atoms with Crippen LogP contribution in [0.1, 0.15) is 23.7 Å². The minimum Gasteiger partial charge on any atom is -0.493 e. The van der Waals surface area contributed by atoms with Crippen LogP contribution in [0.2, 0.25) is 0 Å². The summed E-state index contributed by atoms with van der Waals surface area (Å²) in [5.41, 5.74) is 2.32. The van der Waals surface area contributed by atoms with Gasteiger partial charge >= 0.3 is 0 Å². The molecule has 1 aromatic carbocycles. The van der Waals surface area contributed by atoms with Gasteiger partial charge in [-0.25, -0.2) is 4.98 Å². The third kappa shape index (κ3) is 1.99. The Labute approximate surface area is 107 Å². The Morgan fingerprint density at radius 2 is 2.33 bits per heavy atom. The second-order valence-corrected chi connectivity index (χ2v) is 4.53. The lowest BCUT2D eigenvalue weighted by Gasteiger charge is -2.26. The number of rotatable bonds is 3. The number of aromatic nitrogens is 2. The highest BCUT2D eigenvalue weighted by Gasteiger charge is 2.22. The van der Waals surface area contributed by atoms with Crippen molar-refractivity contribution >= 4 is 0 Å². The molecule has 0 aliphatic carbocycles. The maximum absolute atomic E-state index is 5.68. The molecule has 0 saturated carbocycles. The second kappa shape index (κ2) is 4.82. The summed E-state index contributed by atoms with van der Waals surface area (Å²) in [6.07, 6.45) is 5.02. The highest BCUT2D eigenvalue weighted by Crippen LogP contribution is 2.34. The molecule has 3 rings (SSSR count). The van der Waals surface area contributed by atoms with Crippen LogP contribution in [0.15, 0.2) is 36.8 Å². The van der Waals surface area contributed by atoms with E-state index in [1.54, 1.807) is 0 Å². The predicted octanol–water partition coefficient (Wildman–Crippen LogP) is 1.97. The van der Waals surface area contributed by atoms with Crippen LogP contribution in [0, 0.1) is 0 Å². The van der Waals surface area contributed by atoms with Crippen LogP contribution in [0.5, 0.6) is 5.75 Å². The van der Waals surface area contributed by atoms with Crippen molar-refractivity contribution in [2.75, 3.05) is 13.7 Å². The molecular weight excluding hydrogens is 226 g/mol. The van der Waals surface area contributed by atoms with E-state index >= 15 is 0 Å². The van der Waals surface area contributed by atoms with E-state index in [-0.39, 0.29) is 0 Å². The number of para-hydroxylation sites is 1. The molecule has 2 aromatic rings. The zero-order valence-electron chi connectivity index (χ0n) is 10.5. The van der Waals surface area contributed by atoms with Crippen LogP contribution in [-0.4, -0.2) is 23.2 Å². The number of imidazole rings is 1. The van der Waals surface area contributed by atoms with Gasteiger partial charge < -0.3 is 14.6 Å². The standard InChI is InChI=1S/C14H17N3O/c1-15-8-11-9-17(10-16-11)13-6-7-18-14-5-3-2-4-12(13)14/h2-5,9-10,13,15H,6-8H2,1H3. The summed E-state index contributed by atoms with van der Waals surface area (Å²) >= 11 is 0. The normalized spacial score (nSPS) is 18.2. The average Bonchev–Trinajstić information content (AvgIpc) is 2.87. The maximum Gasteiger partial charge on any atom is 0.124 e. The second-order valence-electron chi connectivity index (χ2n) is 4.53. The molecule has 18 heavy (non-hydrogen) atoms. The fraction of sp³-hybridized carbons (Fsp3) is 0.357. The lowest BCUT2D eigenvalue weighted by atomic mass is 10.0. The van der Waals surface area contributed by atoms with Gasteiger partial charge in [-0.2, -0.15) is 0 Å². The first-order valence-electron chi connectivity index (χ1n) is 6.27. The fourth-order valence-corrected chi connectivity index (χ4v) is 2.46. The van der Waals surface area contributed by atoms with Crippen molar-refractivity contribution in [1.29, 1.82) is 0 Å². The van der Waals surface area contributed by atoms with E-state index in [2.05, 4.69) is 33.2 Å². The fourth-order valence-electron chi connectivity index (χ4n) is 2.46. The predicted molar refractivity (Wildman–Crippen MR) is 69.7 cm³/mol. The Balaban J connectivity index is 1.92. The number of ether oxygens (including phenoxy) is 1. The molecule has 1 N–H and O–H groups in total. The molecule has 0 fully saturated rings. The van der Waals surface area contributed by atoms with Gasteiger partial charge in [0.25, 0.3) is 0 Å². The van der Waals surface area contributed by atoms with Crippen LogP contribution in [0.4, 0.5) is 0 Å². The molecule has 1 unspecified atom stereocenters. The zero-order chi connectivity index (χ0) is 12.4. The van der Waals surface area contributed by atoms with Gasteiger partial charge in [0.05, 0.1) is 24.7 Å². The van der Waals surface area contributed by atoms with Gasteiger partial charge in [-0.15, -0.1) is 0 Å². The van der Waals surface area contributed by atoms with E-state index in [4.69, 9.17) is 4.74 Å². The van der Waals surface area contributed by atoms with E-state index in [1.165, 1.54) is 5.56 Å². The Morgan fingerprint density at radius 3 is 3.22 bits per heavy atom. The van der Waals surface area contributed by atoms with Gasteiger partial charge in [0.1, 0.15) is 5.75 Å². The zero-order valence-corrected chi connectivity index (χ0v) is 10.5. The maximum atomic E-state index is 5.68. The molecule has 0 saturated heterocycles. The van der Waals surface area contributed by atoms with Crippen LogP contribution < -0.4 is 10.1 Å². The monoisotopic (exact) mass is 243 g/mol. The van der Waals surface area contributed by atoms with E-state index in [1.807, 2.05) is 25.5 Å². The SMILES string of the molecule is CNCc1cn(C2CCOc3ccccc32)cn1. The van der Waals surface area contributed by atoms with E-state index in [0.29, 0.717) is 6.04 Å². The van der Waals surface area contributed by atoms with E-state index < -0.39 is 0 Å². The minimum absolute atomic E-state index is 0.341. The summed E-state index contributed by atoms with van der Waals surface area (Å²) in [5, 5.41) is 3.12.